The topological polar surface area (TPSA) is 108 Å². The van der Waals surface area contributed by atoms with Crippen LogP contribution in [0.5, 0.6) is 0 Å². The summed E-state index contributed by atoms with van der Waals surface area (Å²) in [7, 11) is 1.31. The Hall–Kier alpha value is -3.64. The van der Waals surface area contributed by atoms with E-state index in [1.807, 2.05) is 30.3 Å². The molecule has 0 aliphatic carbocycles. The average molecular weight is 482 g/mol. The average Bonchev–Trinajstić information content (AvgIpc) is 3.52. The highest BCUT2D eigenvalue weighted by molar-refractivity contribution is 8.01. The number of esters is 1. The number of nitrogens with one attached hydrogen (secondary N) is 1. The van der Waals surface area contributed by atoms with E-state index in [-0.39, 0.29) is 5.82 Å². The molecule has 3 heterocycles. The Morgan fingerprint density at radius 3 is 2.70 bits per heavy atom. The van der Waals surface area contributed by atoms with E-state index in [4.69, 9.17) is 4.74 Å². The summed E-state index contributed by atoms with van der Waals surface area (Å²) in [5.41, 5.74) is 2.56. The van der Waals surface area contributed by atoms with Crippen molar-refractivity contribution in [2.45, 2.75) is 10.4 Å². The molecular formula is C21H16FN7O2S2. The van der Waals surface area contributed by atoms with E-state index >= 15 is 0 Å². The SMILES string of the molecule is COC(=O)C1=C(CSc2nnc(-c3ccccc3)s2)Nc2nnnn2C1c1ccc(F)cc1. The van der Waals surface area contributed by atoms with Gasteiger partial charge >= 0.3 is 5.97 Å². The van der Waals surface area contributed by atoms with Crippen molar-refractivity contribution in [3.63, 3.8) is 0 Å². The maximum atomic E-state index is 13.5. The Labute approximate surface area is 195 Å². The van der Waals surface area contributed by atoms with Gasteiger partial charge in [-0.25, -0.2) is 9.18 Å². The van der Waals surface area contributed by atoms with Gasteiger partial charge in [0.05, 0.1) is 12.7 Å². The van der Waals surface area contributed by atoms with Crippen LogP contribution < -0.4 is 5.32 Å². The Balaban J connectivity index is 1.48. The number of rotatable bonds is 6. The monoisotopic (exact) mass is 481 g/mol. The van der Waals surface area contributed by atoms with Crippen molar-refractivity contribution < 1.29 is 13.9 Å². The number of carbonyl (C=O) groups is 1. The van der Waals surface area contributed by atoms with Gasteiger partial charge in [0.1, 0.15) is 16.9 Å². The summed E-state index contributed by atoms with van der Waals surface area (Å²) in [6, 6.07) is 15.0. The van der Waals surface area contributed by atoms with Gasteiger partial charge in [-0.15, -0.1) is 10.2 Å². The summed E-state index contributed by atoms with van der Waals surface area (Å²) in [5, 5.41) is 24.2. The van der Waals surface area contributed by atoms with Crippen molar-refractivity contribution in [3.05, 3.63) is 77.2 Å². The number of thioether (sulfide) groups is 1. The number of anilines is 1. The fourth-order valence-electron chi connectivity index (χ4n) is 3.45. The lowest BCUT2D eigenvalue weighted by molar-refractivity contribution is -0.136. The number of hydrogen-bond acceptors (Lipinski definition) is 10. The van der Waals surface area contributed by atoms with Crippen LogP contribution in [-0.2, 0) is 9.53 Å². The molecule has 1 atom stereocenters. The first-order valence-electron chi connectivity index (χ1n) is 9.77. The summed E-state index contributed by atoms with van der Waals surface area (Å²) >= 11 is 2.89. The first-order valence-corrected chi connectivity index (χ1v) is 11.6. The molecule has 0 radical (unpaired) electrons. The van der Waals surface area contributed by atoms with E-state index in [0.717, 1.165) is 14.9 Å². The normalized spacial score (nSPS) is 15.2. The third-order valence-corrected chi connectivity index (χ3v) is 7.09. The number of nitrogens with zero attached hydrogens (tertiary/aromatic N) is 6. The van der Waals surface area contributed by atoms with Crippen LogP contribution in [0, 0.1) is 5.82 Å². The molecular weight excluding hydrogens is 465 g/mol. The molecule has 4 aromatic rings. The molecule has 0 saturated carbocycles. The van der Waals surface area contributed by atoms with Gasteiger partial charge in [-0.3, -0.25) is 0 Å². The third kappa shape index (κ3) is 4.22. The highest BCUT2D eigenvalue weighted by Gasteiger charge is 2.36. The molecule has 2 aromatic heterocycles. The van der Waals surface area contributed by atoms with Gasteiger partial charge in [0.15, 0.2) is 4.34 Å². The van der Waals surface area contributed by atoms with Crippen LogP contribution in [0.1, 0.15) is 11.6 Å². The molecule has 1 N–H and O–H groups in total. The molecule has 9 nitrogen and oxygen atoms in total. The molecule has 0 fully saturated rings. The number of fused-ring (bicyclic) bond motifs is 1. The number of carbonyl (C=O) groups excluding carboxylic acids is 1. The van der Waals surface area contributed by atoms with Gasteiger partial charge < -0.3 is 10.1 Å². The van der Waals surface area contributed by atoms with Crippen molar-refractivity contribution in [1.82, 2.24) is 30.4 Å². The van der Waals surface area contributed by atoms with Crippen LogP contribution in [0.25, 0.3) is 10.6 Å². The predicted octanol–water partition coefficient (Wildman–Crippen LogP) is 3.57. The maximum Gasteiger partial charge on any atom is 0.338 e. The van der Waals surface area contributed by atoms with Crippen LogP contribution in [0.15, 0.2) is 70.2 Å². The Morgan fingerprint density at radius 2 is 1.94 bits per heavy atom. The van der Waals surface area contributed by atoms with Crippen LogP contribution in [0.4, 0.5) is 10.3 Å². The minimum Gasteiger partial charge on any atom is -0.466 e. The van der Waals surface area contributed by atoms with Crippen molar-refractivity contribution in [1.29, 1.82) is 0 Å². The van der Waals surface area contributed by atoms with Crippen molar-refractivity contribution in [2.75, 3.05) is 18.2 Å². The summed E-state index contributed by atoms with van der Waals surface area (Å²) in [5.74, 6) is -0.168. The molecule has 12 heteroatoms. The number of aromatic nitrogens is 6. The van der Waals surface area contributed by atoms with Gasteiger partial charge in [-0.05, 0) is 28.1 Å². The second kappa shape index (κ2) is 9.08. The zero-order valence-electron chi connectivity index (χ0n) is 17.2. The van der Waals surface area contributed by atoms with Gasteiger partial charge in [-0.1, -0.05) is 70.7 Å². The number of methoxy groups -OCH3 is 1. The molecule has 1 aliphatic rings. The lowest BCUT2D eigenvalue weighted by Crippen LogP contribution is -2.30. The molecule has 166 valence electrons. The van der Waals surface area contributed by atoms with E-state index < -0.39 is 12.0 Å². The van der Waals surface area contributed by atoms with Crippen molar-refractivity contribution in [3.8, 4) is 10.6 Å². The molecule has 0 saturated heterocycles. The standard InChI is InChI=1S/C21H16FN7O2S2/c1-31-19(30)16-15(11-32-21-26-24-18(33-21)13-5-3-2-4-6-13)23-20-25-27-28-29(20)17(16)12-7-9-14(22)10-8-12/h2-10,17H,11H2,1H3,(H,23,25,28). The van der Waals surface area contributed by atoms with Gasteiger partial charge in [0, 0.05) is 17.0 Å². The number of tetrazole rings is 1. The molecule has 33 heavy (non-hydrogen) atoms. The molecule has 2 aromatic carbocycles. The van der Waals surface area contributed by atoms with Crippen LogP contribution in [0.2, 0.25) is 0 Å². The quantitative estimate of drug-likeness (QED) is 0.327. The Morgan fingerprint density at radius 1 is 1.15 bits per heavy atom. The predicted molar refractivity (Wildman–Crippen MR) is 121 cm³/mol. The lowest BCUT2D eigenvalue weighted by Gasteiger charge is -2.28. The van der Waals surface area contributed by atoms with E-state index in [2.05, 4.69) is 31.0 Å². The first kappa shape index (κ1) is 21.2. The Bertz CT molecular complexity index is 1320. The first-order chi connectivity index (χ1) is 16.1. The van der Waals surface area contributed by atoms with Gasteiger partial charge in [0.25, 0.3) is 0 Å². The van der Waals surface area contributed by atoms with Crippen molar-refractivity contribution in [2.24, 2.45) is 0 Å². The lowest BCUT2D eigenvalue weighted by atomic mass is 9.96. The third-order valence-electron chi connectivity index (χ3n) is 4.96. The van der Waals surface area contributed by atoms with Gasteiger partial charge in [0.2, 0.25) is 5.95 Å². The number of ether oxygens (including phenoxy) is 1. The van der Waals surface area contributed by atoms with E-state index in [0.29, 0.717) is 28.5 Å². The fourth-order valence-corrected chi connectivity index (χ4v) is 5.28. The molecule has 0 amide bonds. The summed E-state index contributed by atoms with van der Waals surface area (Å²) in [6.45, 7) is 0. The number of hydrogen-bond donors (Lipinski definition) is 1. The molecule has 5 rings (SSSR count). The van der Waals surface area contributed by atoms with E-state index in [1.54, 1.807) is 12.1 Å². The highest BCUT2D eigenvalue weighted by atomic mass is 32.2. The summed E-state index contributed by atoms with van der Waals surface area (Å²) in [6.07, 6.45) is 0. The summed E-state index contributed by atoms with van der Waals surface area (Å²) < 4.78 is 20.8. The van der Waals surface area contributed by atoms with Crippen LogP contribution >= 0.6 is 23.1 Å². The zero-order valence-corrected chi connectivity index (χ0v) is 18.8. The molecule has 1 aliphatic heterocycles. The van der Waals surface area contributed by atoms with Crippen LogP contribution in [-0.4, -0.2) is 49.2 Å². The minimum absolute atomic E-state index is 0.337. The fraction of sp³-hybridized carbons (Fsp3) is 0.143. The highest BCUT2D eigenvalue weighted by Crippen LogP contribution is 2.37. The maximum absolute atomic E-state index is 13.5. The number of halogens is 1. The van der Waals surface area contributed by atoms with E-state index in [1.165, 1.54) is 47.0 Å². The number of benzene rings is 2. The Kier molecular flexibility index (Phi) is 5.84. The molecule has 0 bridgehead atoms. The van der Waals surface area contributed by atoms with Gasteiger partial charge in [-0.2, -0.15) is 4.68 Å². The van der Waals surface area contributed by atoms with E-state index in [9.17, 15) is 9.18 Å². The molecule has 1 unspecified atom stereocenters. The minimum atomic E-state index is -0.672. The second-order valence-corrected chi connectivity index (χ2v) is 9.14. The second-order valence-electron chi connectivity index (χ2n) is 6.94. The van der Waals surface area contributed by atoms with Crippen LogP contribution in [0.3, 0.4) is 0 Å². The smallest absolute Gasteiger partial charge is 0.338 e. The zero-order chi connectivity index (χ0) is 22.8. The largest absolute Gasteiger partial charge is 0.466 e. The van der Waals surface area contributed by atoms with Crippen molar-refractivity contribution >= 4 is 35.0 Å². The molecule has 0 spiro atoms. The summed E-state index contributed by atoms with van der Waals surface area (Å²) in [4.78, 5) is 12.8.